The van der Waals surface area contributed by atoms with E-state index in [-0.39, 0.29) is 23.4 Å². The molecule has 1 amide bonds. The highest BCUT2D eigenvalue weighted by Gasteiger charge is 2.28. The molecule has 0 spiro atoms. The van der Waals surface area contributed by atoms with Crippen LogP contribution in [0, 0.1) is 0 Å². The van der Waals surface area contributed by atoms with Crippen molar-refractivity contribution in [2.75, 3.05) is 20.2 Å². The number of ether oxygens (including phenoxy) is 1. The molecule has 1 aromatic heterocycles. The van der Waals surface area contributed by atoms with Crippen molar-refractivity contribution in [3.05, 3.63) is 47.8 Å². The maximum absolute atomic E-state index is 12.9. The average Bonchev–Trinajstić information content (AvgIpc) is 3.07. The van der Waals surface area contributed by atoms with Crippen LogP contribution >= 0.6 is 0 Å². The Labute approximate surface area is 139 Å². The lowest BCUT2D eigenvalue weighted by molar-refractivity contribution is 0.0264. The monoisotopic (exact) mass is 329 g/mol. The Bertz CT molecular complexity index is 742. The number of piperidine rings is 1. The molecule has 0 saturated carbocycles. The maximum atomic E-state index is 12.9. The summed E-state index contributed by atoms with van der Waals surface area (Å²) in [5, 5.41) is 13.3. The lowest BCUT2D eigenvalue weighted by Crippen LogP contribution is -2.43. The smallest absolute Gasteiger partial charge is 0.356 e. The first-order chi connectivity index (χ1) is 11.6. The van der Waals surface area contributed by atoms with Crippen molar-refractivity contribution in [1.82, 2.24) is 14.7 Å². The first-order valence-corrected chi connectivity index (χ1v) is 7.81. The van der Waals surface area contributed by atoms with Gasteiger partial charge in [0.25, 0.3) is 5.91 Å². The number of benzene rings is 1. The molecule has 0 unspecified atom stereocenters. The highest BCUT2D eigenvalue weighted by Crippen LogP contribution is 2.19. The van der Waals surface area contributed by atoms with Crippen LogP contribution in [0.15, 0.2) is 36.4 Å². The molecule has 0 radical (unpaired) electrons. The zero-order valence-corrected chi connectivity index (χ0v) is 13.4. The summed E-state index contributed by atoms with van der Waals surface area (Å²) in [7, 11) is 1.63. The van der Waals surface area contributed by atoms with Gasteiger partial charge in [-0.3, -0.25) is 4.79 Å². The van der Waals surface area contributed by atoms with Crippen LogP contribution in [0.5, 0.6) is 0 Å². The number of methoxy groups -OCH3 is 1. The van der Waals surface area contributed by atoms with E-state index in [1.165, 1.54) is 10.7 Å². The van der Waals surface area contributed by atoms with Crippen molar-refractivity contribution in [3.8, 4) is 5.69 Å². The number of likely N-dealkylation sites (tertiary alicyclic amines) is 1. The van der Waals surface area contributed by atoms with Crippen molar-refractivity contribution in [2.45, 2.75) is 18.9 Å². The van der Waals surface area contributed by atoms with Crippen LogP contribution in [0.2, 0.25) is 0 Å². The largest absolute Gasteiger partial charge is 0.476 e. The molecule has 24 heavy (non-hydrogen) atoms. The van der Waals surface area contributed by atoms with Gasteiger partial charge in [0.2, 0.25) is 0 Å². The number of carboxylic acids is 1. The van der Waals surface area contributed by atoms with Crippen LogP contribution in [0.4, 0.5) is 0 Å². The zero-order chi connectivity index (χ0) is 17.1. The molecule has 1 saturated heterocycles. The van der Waals surface area contributed by atoms with E-state index >= 15 is 0 Å². The number of nitrogens with zero attached hydrogens (tertiary/aromatic N) is 3. The van der Waals surface area contributed by atoms with E-state index in [2.05, 4.69) is 5.10 Å². The fourth-order valence-corrected chi connectivity index (χ4v) is 2.88. The highest BCUT2D eigenvalue weighted by molar-refractivity contribution is 5.96. The first-order valence-electron chi connectivity index (χ1n) is 7.81. The van der Waals surface area contributed by atoms with Crippen molar-refractivity contribution in [1.29, 1.82) is 0 Å². The van der Waals surface area contributed by atoms with Gasteiger partial charge in [-0.1, -0.05) is 18.2 Å². The van der Waals surface area contributed by atoms with E-state index in [0.29, 0.717) is 18.8 Å². The SMILES string of the molecule is CO[C@H]1CCCN(C(=O)c2cc(C(=O)O)nn2-c2ccccc2)C1. The molecule has 1 fully saturated rings. The van der Waals surface area contributed by atoms with Crippen molar-refractivity contribution < 1.29 is 19.4 Å². The second kappa shape index (κ2) is 6.84. The van der Waals surface area contributed by atoms with Gasteiger partial charge in [0.05, 0.1) is 11.8 Å². The van der Waals surface area contributed by atoms with Crippen LogP contribution in [0.3, 0.4) is 0 Å². The van der Waals surface area contributed by atoms with Crippen LogP contribution in [0.25, 0.3) is 5.69 Å². The van der Waals surface area contributed by atoms with Crippen LogP contribution in [0.1, 0.15) is 33.8 Å². The number of para-hydroxylation sites is 1. The lowest BCUT2D eigenvalue weighted by atomic mass is 10.1. The van der Waals surface area contributed by atoms with Gasteiger partial charge < -0.3 is 14.7 Å². The third kappa shape index (κ3) is 3.16. The number of carboxylic acid groups (broad SMARTS) is 1. The number of aromatic carboxylic acids is 1. The van der Waals surface area contributed by atoms with Gasteiger partial charge in [-0.2, -0.15) is 5.10 Å². The van der Waals surface area contributed by atoms with E-state index in [1.807, 2.05) is 18.2 Å². The van der Waals surface area contributed by atoms with Gasteiger partial charge >= 0.3 is 5.97 Å². The minimum Gasteiger partial charge on any atom is -0.476 e. The average molecular weight is 329 g/mol. The molecule has 2 aromatic rings. The number of rotatable bonds is 4. The Hall–Kier alpha value is -2.67. The number of hydrogen-bond donors (Lipinski definition) is 1. The number of carbonyl (C=O) groups excluding carboxylic acids is 1. The van der Waals surface area contributed by atoms with Gasteiger partial charge in [-0.05, 0) is 25.0 Å². The summed E-state index contributed by atoms with van der Waals surface area (Å²) >= 11 is 0. The Morgan fingerprint density at radius 2 is 2.04 bits per heavy atom. The van der Waals surface area contributed by atoms with Crippen LogP contribution in [-0.4, -0.2) is 58.0 Å². The van der Waals surface area contributed by atoms with E-state index < -0.39 is 5.97 Å². The molecule has 1 atom stereocenters. The molecule has 1 aromatic carbocycles. The van der Waals surface area contributed by atoms with Gasteiger partial charge in [-0.25, -0.2) is 9.48 Å². The van der Waals surface area contributed by atoms with Crippen LogP contribution in [-0.2, 0) is 4.74 Å². The molecular weight excluding hydrogens is 310 g/mol. The van der Waals surface area contributed by atoms with E-state index in [0.717, 1.165) is 12.8 Å². The Kier molecular flexibility index (Phi) is 4.61. The molecule has 3 rings (SSSR count). The summed E-state index contributed by atoms with van der Waals surface area (Å²) in [4.78, 5) is 25.9. The molecule has 2 heterocycles. The molecular formula is C17H19N3O4. The standard InChI is InChI=1S/C17H19N3O4/c1-24-13-8-5-9-19(11-13)16(21)15-10-14(17(22)23)18-20(15)12-6-3-2-4-7-12/h2-4,6-7,10,13H,5,8-9,11H2,1H3,(H,22,23)/t13-/m0/s1. The number of carbonyl (C=O) groups is 2. The summed E-state index contributed by atoms with van der Waals surface area (Å²) in [5.74, 6) is -1.40. The predicted octanol–water partition coefficient (Wildman–Crippen LogP) is 1.82. The van der Waals surface area contributed by atoms with E-state index in [1.54, 1.807) is 24.1 Å². The lowest BCUT2D eigenvalue weighted by Gasteiger charge is -2.31. The van der Waals surface area contributed by atoms with Crippen molar-refractivity contribution in [2.24, 2.45) is 0 Å². The third-order valence-electron chi connectivity index (χ3n) is 4.15. The molecule has 0 bridgehead atoms. The summed E-state index contributed by atoms with van der Waals surface area (Å²) in [5.41, 5.74) is 0.742. The summed E-state index contributed by atoms with van der Waals surface area (Å²) < 4.78 is 6.75. The number of hydrogen-bond acceptors (Lipinski definition) is 4. The summed E-state index contributed by atoms with van der Waals surface area (Å²) in [6.45, 7) is 1.12. The Balaban J connectivity index is 1.97. The van der Waals surface area contributed by atoms with Crippen molar-refractivity contribution in [3.63, 3.8) is 0 Å². The summed E-state index contributed by atoms with van der Waals surface area (Å²) in [6, 6.07) is 10.4. The van der Waals surface area contributed by atoms with E-state index in [9.17, 15) is 14.7 Å². The molecule has 126 valence electrons. The third-order valence-corrected chi connectivity index (χ3v) is 4.15. The molecule has 1 aliphatic rings. The number of amides is 1. The molecule has 0 aliphatic carbocycles. The predicted molar refractivity (Wildman–Crippen MR) is 86.5 cm³/mol. The molecule has 1 aliphatic heterocycles. The Morgan fingerprint density at radius 1 is 1.29 bits per heavy atom. The van der Waals surface area contributed by atoms with Crippen molar-refractivity contribution >= 4 is 11.9 Å². The molecule has 7 nitrogen and oxygen atoms in total. The maximum Gasteiger partial charge on any atom is 0.356 e. The van der Waals surface area contributed by atoms with Crippen LogP contribution < -0.4 is 0 Å². The number of aromatic nitrogens is 2. The topological polar surface area (TPSA) is 84.7 Å². The second-order valence-corrected chi connectivity index (χ2v) is 5.72. The first kappa shape index (κ1) is 16.2. The zero-order valence-electron chi connectivity index (χ0n) is 13.4. The minimum absolute atomic E-state index is 0.00902. The van der Waals surface area contributed by atoms with Gasteiger partial charge in [-0.15, -0.1) is 0 Å². The van der Waals surface area contributed by atoms with Gasteiger partial charge in [0, 0.05) is 26.3 Å². The second-order valence-electron chi connectivity index (χ2n) is 5.72. The fraction of sp³-hybridized carbons (Fsp3) is 0.353. The van der Waals surface area contributed by atoms with Gasteiger partial charge in [0.1, 0.15) is 5.69 Å². The molecule has 1 N–H and O–H groups in total. The fourth-order valence-electron chi connectivity index (χ4n) is 2.88. The highest BCUT2D eigenvalue weighted by atomic mass is 16.5. The normalized spacial score (nSPS) is 17.7. The van der Waals surface area contributed by atoms with Gasteiger partial charge in [0.15, 0.2) is 5.69 Å². The van der Waals surface area contributed by atoms with E-state index in [4.69, 9.17) is 4.74 Å². The molecule has 7 heteroatoms. The summed E-state index contributed by atoms with van der Waals surface area (Å²) in [6.07, 6.45) is 1.78. The minimum atomic E-state index is -1.16. The Morgan fingerprint density at radius 3 is 2.71 bits per heavy atom. The quantitative estimate of drug-likeness (QED) is 0.925.